The summed E-state index contributed by atoms with van der Waals surface area (Å²) >= 11 is 4.93. The molecule has 2 heterocycles. The maximum Gasteiger partial charge on any atom is 0.286 e. The first-order valence-electron chi connectivity index (χ1n) is 8.63. The lowest BCUT2D eigenvalue weighted by Crippen LogP contribution is -2.47. The molecule has 1 amide bonds. The van der Waals surface area contributed by atoms with Crippen molar-refractivity contribution in [2.45, 2.75) is 0 Å². The third kappa shape index (κ3) is 4.09. The number of halogens is 2. The van der Waals surface area contributed by atoms with Gasteiger partial charge in [0.05, 0.1) is 4.91 Å². The quantitative estimate of drug-likeness (QED) is 0.642. The second-order valence-electron chi connectivity index (χ2n) is 6.28. The SMILES string of the molecule is O=C1N=C(N2CCN(c3ccc(F)cc3)CC2)S/C1=C\c1ccccc1Br. The zero-order valence-electron chi connectivity index (χ0n) is 14.4. The number of aliphatic imine (C=N–C) groups is 1. The molecule has 0 radical (unpaired) electrons. The molecule has 2 aromatic carbocycles. The van der Waals surface area contributed by atoms with Crippen LogP contribution in [0.25, 0.3) is 6.08 Å². The van der Waals surface area contributed by atoms with E-state index in [-0.39, 0.29) is 11.7 Å². The summed E-state index contributed by atoms with van der Waals surface area (Å²) in [6.45, 7) is 3.17. The minimum atomic E-state index is -0.225. The van der Waals surface area contributed by atoms with E-state index in [1.807, 2.05) is 30.3 Å². The van der Waals surface area contributed by atoms with Crippen molar-refractivity contribution >= 4 is 50.5 Å². The van der Waals surface area contributed by atoms with Gasteiger partial charge in [0.2, 0.25) is 0 Å². The number of hydrogen-bond acceptors (Lipinski definition) is 4. The lowest BCUT2D eigenvalue weighted by Gasteiger charge is -2.36. The zero-order chi connectivity index (χ0) is 18.8. The van der Waals surface area contributed by atoms with Gasteiger partial charge in [-0.15, -0.1) is 0 Å². The van der Waals surface area contributed by atoms with Gasteiger partial charge in [0.15, 0.2) is 5.17 Å². The van der Waals surface area contributed by atoms with Gasteiger partial charge in [-0.25, -0.2) is 4.39 Å². The Morgan fingerprint density at radius 2 is 1.67 bits per heavy atom. The van der Waals surface area contributed by atoms with Gasteiger partial charge < -0.3 is 9.80 Å². The molecule has 1 fully saturated rings. The van der Waals surface area contributed by atoms with E-state index in [1.165, 1.54) is 23.9 Å². The van der Waals surface area contributed by atoms with Gasteiger partial charge in [0, 0.05) is 36.3 Å². The van der Waals surface area contributed by atoms with Gasteiger partial charge >= 0.3 is 0 Å². The summed E-state index contributed by atoms with van der Waals surface area (Å²) in [5, 5.41) is 0.761. The van der Waals surface area contributed by atoms with Gasteiger partial charge in [-0.2, -0.15) is 4.99 Å². The van der Waals surface area contributed by atoms with Crippen molar-refractivity contribution in [3.05, 3.63) is 69.3 Å². The second kappa shape index (κ2) is 7.86. The zero-order valence-corrected chi connectivity index (χ0v) is 16.8. The molecule has 1 saturated heterocycles. The Labute approximate surface area is 169 Å². The summed E-state index contributed by atoms with van der Waals surface area (Å²) in [6.07, 6.45) is 1.88. The van der Waals surface area contributed by atoms with Crippen LogP contribution in [-0.2, 0) is 4.79 Å². The number of carbonyl (C=O) groups is 1. The highest BCUT2D eigenvalue weighted by molar-refractivity contribution is 9.10. The molecule has 2 aliphatic rings. The number of rotatable bonds is 2. The van der Waals surface area contributed by atoms with E-state index in [0.29, 0.717) is 4.91 Å². The lowest BCUT2D eigenvalue weighted by atomic mass is 10.2. The lowest BCUT2D eigenvalue weighted by molar-refractivity contribution is -0.113. The summed E-state index contributed by atoms with van der Waals surface area (Å²) in [4.78, 5) is 21.5. The number of benzene rings is 2. The van der Waals surface area contributed by atoms with Crippen LogP contribution in [0, 0.1) is 5.82 Å². The molecule has 7 heteroatoms. The highest BCUT2D eigenvalue weighted by atomic mass is 79.9. The van der Waals surface area contributed by atoms with Crippen LogP contribution in [0.2, 0.25) is 0 Å². The van der Waals surface area contributed by atoms with Crippen molar-refractivity contribution < 1.29 is 9.18 Å². The highest BCUT2D eigenvalue weighted by Crippen LogP contribution is 2.32. The minimum absolute atomic E-state index is 0.188. The van der Waals surface area contributed by atoms with Crippen LogP contribution in [0.4, 0.5) is 10.1 Å². The van der Waals surface area contributed by atoms with Crippen LogP contribution >= 0.6 is 27.7 Å². The Balaban J connectivity index is 1.41. The number of piperazine rings is 1. The number of amides is 1. The number of anilines is 1. The van der Waals surface area contributed by atoms with Gasteiger partial charge in [-0.1, -0.05) is 34.1 Å². The van der Waals surface area contributed by atoms with E-state index in [0.717, 1.165) is 47.1 Å². The third-order valence-electron chi connectivity index (χ3n) is 4.54. The van der Waals surface area contributed by atoms with E-state index in [1.54, 1.807) is 12.1 Å². The van der Waals surface area contributed by atoms with Crippen molar-refractivity contribution in [2.75, 3.05) is 31.1 Å². The molecular weight excluding hydrogens is 429 g/mol. The van der Waals surface area contributed by atoms with Gasteiger partial charge in [-0.3, -0.25) is 4.79 Å². The largest absolute Gasteiger partial charge is 0.368 e. The van der Waals surface area contributed by atoms with Crippen molar-refractivity contribution in [3.8, 4) is 0 Å². The molecule has 0 atom stereocenters. The fourth-order valence-electron chi connectivity index (χ4n) is 3.07. The average Bonchev–Trinajstić information content (AvgIpc) is 3.05. The standard InChI is InChI=1S/C20H17BrFN3OS/c21-17-4-2-1-3-14(17)13-18-19(26)23-20(27-18)25-11-9-24(10-12-25)16-7-5-15(22)6-8-16/h1-8,13H,9-12H2/b18-13-. The molecule has 0 aromatic heterocycles. The molecule has 0 bridgehead atoms. The van der Waals surface area contributed by atoms with E-state index in [4.69, 9.17) is 0 Å². The summed E-state index contributed by atoms with van der Waals surface area (Å²) in [5.41, 5.74) is 1.98. The predicted molar refractivity (Wildman–Crippen MR) is 112 cm³/mol. The summed E-state index contributed by atoms with van der Waals surface area (Å²) in [6, 6.07) is 14.4. The highest BCUT2D eigenvalue weighted by Gasteiger charge is 2.28. The van der Waals surface area contributed by atoms with E-state index < -0.39 is 0 Å². The molecule has 2 aliphatic heterocycles. The first-order chi connectivity index (χ1) is 13.1. The molecule has 0 saturated carbocycles. The monoisotopic (exact) mass is 445 g/mol. The maximum absolute atomic E-state index is 13.1. The molecule has 0 aliphatic carbocycles. The molecule has 0 N–H and O–H groups in total. The van der Waals surface area contributed by atoms with Crippen molar-refractivity contribution in [2.24, 2.45) is 4.99 Å². The number of carbonyl (C=O) groups excluding carboxylic acids is 1. The van der Waals surface area contributed by atoms with Crippen LogP contribution in [0.1, 0.15) is 5.56 Å². The Morgan fingerprint density at radius 3 is 2.37 bits per heavy atom. The molecule has 27 heavy (non-hydrogen) atoms. The topological polar surface area (TPSA) is 35.9 Å². The molecular formula is C20H17BrFN3OS. The van der Waals surface area contributed by atoms with E-state index in [2.05, 4.69) is 30.7 Å². The summed E-state index contributed by atoms with van der Waals surface area (Å²) in [5.74, 6) is -0.413. The molecule has 4 rings (SSSR count). The average molecular weight is 446 g/mol. The number of thioether (sulfide) groups is 1. The van der Waals surface area contributed by atoms with Gasteiger partial charge in [-0.05, 0) is 53.7 Å². The minimum Gasteiger partial charge on any atom is -0.368 e. The summed E-state index contributed by atoms with van der Waals surface area (Å²) < 4.78 is 14.0. The Bertz CT molecular complexity index is 921. The van der Waals surface area contributed by atoms with Crippen LogP contribution in [-0.4, -0.2) is 42.2 Å². The number of hydrogen-bond donors (Lipinski definition) is 0. The van der Waals surface area contributed by atoms with Crippen LogP contribution in [0.3, 0.4) is 0 Å². The number of amidine groups is 1. The van der Waals surface area contributed by atoms with Crippen molar-refractivity contribution in [3.63, 3.8) is 0 Å². The predicted octanol–water partition coefficient (Wildman–Crippen LogP) is 4.38. The smallest absolute Gasteiger partial charge is 0.286 e. The fourth-order valence-corrected chi connectivity index (χ4v) is 4.43. The van der Waals surface area contributed by atoms with Crippen molar-refractivity contribution in [1.82, 2.24) is 4.90 Å². The number of nitrogens with zero attached hydrogens (tertiary/aromatic N) is 3. The normalized spacial score (nSPS) is 19.0. The Morgan fingerprint density at radius 1 is 1.00 bits per heavy atom. The van der Waals surface area contributed by atoms with Crippen LogP contribution in [0.5, 0.6) is 0 Å². The van der Waals surface area contributed by atoms with Gasteiger partial charge in [0.1, 0.15) is 5.82 Å². The van der Waals surface area contributed by atoms with Crippen LogP contribution < -0.4 is 4.90 Å². The van der Waals surface area contributed by atoms with Crippen LogP contribution in [0.15, 0.2) is 62.9 Å². The first kappa shape index (κ1) is 18.3. The molecule has 4 nitrogen and oxygen atoms in total. The third-order valence-corrected chi connectivity index (χ3v) is 6.31. The Kier molecular flexibility index (Phi) is 5.31. The van der Waals surface area contributed by atoms with E-state index in [9.17, 15) is 9.18 Å². The van der Waals surface area contributed by atoms with Gasteiger partial charge in [0.25, 0.3) is 5.91 Å². The van der Waals surface area contributed by atoms with E-state index >= 15 is 0 Å². The Hall–Kier alpha value is -2.12. The summed E-state index contributed by atoms with van der Waals surface area (Å²) in [7, 11) is 0. The van der Waals surface area contributed by atoms with Crippen molar-refractivity contribution in [1.29, 1.82) is 0 Å². The maximum atomic E-state index is 13.1. The molecule has 0 spiro atoms. The molecule has 138 valence electrons. The first-order valence-corrected chi connectivity index (χ1v) is 10.2. The molecule has 0 unspecified atom stereocenters. The second-order valence-corrected chi connectivity index (χ2v) is 8.15. The fraction of sp³-hybridized carbons (Fsp3) is 0.200. The molecule has 2 aromatic rings.